The van der Waals surface area contributed by atoms with E-state index in [0.717, 1.165) is 51.4 Å². The Bertz CT molecular complexity index is 1240. The Balaban J connectivity index is 2.50. The van der Waals surface area contributed by atoms with E-state index in [1.54, 1.807) is 0 Å². The largest absolute Gasteiger partial charge is 0.397 e. The first-order chi connectivity index (χ1) is 30.4. The lowest BCUT2D eigenvalue weighted by Crippen LogP contribution is -2.61. The second-order valence-corrected chi connectivity index (χ2v) is 19.0. The molecule has 0 aromatic heterocycles. The molecule has 0 radical (unpaired) electrons. The molecule has 1 amide bonds. The summed E-state index contributed by atoms with van der Waals surface area (Å²) in [6, 6.07) is -1.03. The number of hydrogen-bond acceptors (Lipinski definition) is 11. The first-order valence-electron chi connectivity index (χ1n) is 25.3. The fraction of sp³-hybridized carbons (Fsp3) is 0.898. The van der Waals surface area contributed by atoms with Crippen LogP contribution in [0.1, 0.15) is 219 Å². The number of nitrogens with one attached hydrogen (secondary N) is 1. The lowest BCUT2D eigenvalue weighted by molar-refractivity contribution is -0.298. The van der Waals surface area contributed by atoms with Crippen molar-refractivity contribution >= 4 is 16.3 Å². The summed E-state index contributed by atoms with van der Waals surface area (Å²) >= 11 is 0. The summed E-state index contributed by atoms with van der Waals surface area (Å²) in [6.45, 7) is 3.26. The van der Waals surface area contributed by atoms with E-state index in [1.165, 1.54) is 128 Å². The van der Waals surface area contributed by atoms with Gasteiger partial charge in [-0.05, 0) is 38.5 Å². The van der Waals surface area contributed by atoms with Gasteiger partial charge in [-0.3, -0.25) is 9.35 Å². The summed E-state index contributed by atoms with van der Waals surface area (Å²) in [7, 11) is -5.11. The molecule has 8 unspecified atom stereocenters. The highest BCUT2D eigenvalue weighted by atomic mass is 32.3. The zero-order valence-corrected chi connectivity index (χ0v) is 40.3. The number of ether oxygens (including phenoxy) is 2. The van der Waals surface area contributed by atoms with Gasteiger partial charge in [-0.1, -0.05) is 205 Å². The van der Waals surface area contributed by atoms with Crippen molar-refractivity contribution < 1.29 is 57.0 Å². The molecular weight excluding hydrogens is 827 g/mol. The highest BCUT2D eigenvalue weighted by Crippen LogP contribution is 2.26. The third-order valence-electron chi connectivity index (χ3n) is 12.1. The Morgan fingerprint density at radius 2 is 1.05 bits per heavy atom. The van der Waals surface area contributed by atoms with Crippen molar-refractivity contribution in [3.63, 3.8) is 0 Å². The molecule has 1 rings (SSSR count). The van der Waals surface area contributed by atoms with Gasteiger partial charge in [0.2, 0.25) is 5.91 Å². The average molecular weight is 920 g/mol. The molecular formula is C49H93NO12S. The van der Waals surface area contributed by atoms with Crippen LogP contribution in [0.3, 0.4) is 0 Å². The van der Waals surface area contributed by atoms with Crippen molar-refractivity contribution in [2.45, 2.75) is 268 Å². The lowest BCUT2D eigenvalue weighted by Gasteiger charge is -2.41. The van der Waals surface area contributed by atoms with Crippen LogP contribution in [0.5, 0.6) is 0 Å². The maximum atomic E-state index is 13.2. The van der Waals surface area contributed by atoms with Gasteiger partial charge in [-0.15, -0.1) is 0 Å². The van der Waals surface area contributed by atoms with Crippen LogP contribution in [-0.2, 0) is 28.9 Å². The summed E-state index contributed by atoms with van der Waals surface area (Å²) < 4.78 is 47.7. The fourth-order valence-corrected chi connectivity index (χ4v) is 8.61. The predicted octanol–water partition coefficient (Wildman–Crippen LogP) is 9.47. The number of aliphatic hydroxyl groups is 5. The van der Waals surface area contributed by atoms with E-state index in [4.69, 9.17) is 9.47 Å². The highest BCUT2D eigenvalue weighted by Gasteiger charge is 2.48. The molecule has 13 nitrogen and oxygen atoms in total. The van der Waals surface area contributed by atoms with Crippen LogP contribution >= 0.6 is 0 Å². The molecule has 1 fully saturated rings. The van der Waals surface area contributed by atoms with Gasteiger partial charge in [0.15, 0.2) is 6.29 Å². The van der Waals surface area contributed by atoms with Crippen LogP contribution in [0.25, 0.3) is 0 Å². The van der Waals surface area contributed by atoms with Crippen molar-refractivity contribution in [1.29, 1.82) is 0 Å². The van der Waals surface area contributed by atoms with Gasteiger partial charge in [0.1, 0.15) is 30.5 Å². The van der Waals surface area contributed by atoms with Crippen LogP contribution < -0.4 is 5.32 Å². The first kappa shape index (κ1) is 59.6. The molecule has 8 atom stereocenters. The fourth-order valence-electron chi connectivity index (χ4n) is 8.10. The molecule has 0 bridgehead atoms. The minimum atomic E-state index is -5.11. The molecule has 63 heavy (non-hydrogen) atoms. The molecule has 0 spiro atoms. The molecule has 372 valence electrons. The number of carbonyl (C=O) groups is 1. The summed E-state index contributed by atoms with van der Waals surface area (Å²) in [5.41, 5.74) is 0. The third-order valence-corrected chi connectivity index (χ3v) is 12.6. The number of amides is 1. The summed E-state index contributed by atoms with van der Waals surface area (Å²) in [4.78, 5) is 13.2. The van der Waals surface area contributed by atoms with Gasteiger partial charge >= 0.3 is 10.4 Å². The Hall–Kier alpha value is -1.46. The van der Waals surface area contributed by atoms with E-state index in [1.807, 2.05) is 0 Å². The normalized spacial score (nSPS) is 21.0. The number of hydrogen-bond donors (Lipinski definition) is 7. The summed E-state index contributed by atoms with van der Waals surface area (Å²) in [6.07, 6.45) is 33.5. The van der Waals surface area contributed by atoms with Crippen LogP contribution in [-0.4, -0.2) is 107 Å². The van der Waals surface area contributed by atoms with Crippen LogP contribution in [0.4, 0.5) is 0 Å². The molecule has 0 aromatic rings. The molecule has 1 aliphatic rings. The number of carbonyl (C=O) groups excluding carboxylic acids is 1. The molecule has 14 heteroatoms. The molecule has 0 saturated carbocycles. The summed E-state index contributed by atoms with van der Waals surface area (Å²) in [5.74, 6) is -0.672. The predicted molar refractivity (Wildman–Crippen MR) is 251 cm³/mol. The highest BCUT2D eigenvalue weighted by molar-refractivity contribution is 7.80. The number of allylic oxidation sites excluding steroid dienone is 4. The molecule has 0 aromatic carbocycles. The Labute approximate surface area is 383 Å². The van der Waals surface area contributed by atoms with E-state index in [0.29, 0.717) is 19.3 Å². The van der Waals surface area contributed by atoms with E-state index < -0.39 is 78.5 Å². The molecule has 0 aliphatic carbocycles. The molecule has 1 saturated heterocycles. The number of rotatable bonds is 43. The Morgan fingerprint density at radius 3 is 1.51 bits per heavy atom. The summed E-state index contributed by atoms with van der Waals surface area (Å²) in [5, 5.41) is 55.5. The van der Waals surface area contributed by atoms with Crippen molar-refractivity contribution in [2.24, 2.45) is 0 Å². The van der Waals surface area contributed by atoms with Crippen molar-refractivity contribution in [3.05, 3.63) is 24.3 Å². The molecule has 1 heterocycles. The van der Waals surface area contributed by atoms with Crippen LogP contribution in [0.15, 0.2) is 24.3 Å². The Kier molecular flexibility index (Phi) is 37.5. The van der Waals surface area contributed by atoms with E-state index in [-0.39, 0.29) is 6.42 Å². The second-order valence-electron chi connectivity index (χ2n) is 17.9. The van der Waals surface area contributed by atoms with Crippen molar-refractivity contribution in [1.82, 2.24) is 5.32 Å². The lowest BCUT2D eigenvalue weighted by atomic mass is 9.99. The standard InChI is InChI=1S/C49H93NO12S/c1-3-5-7-9-11-13-15-17-19-21-22-24-26-28-30-32-34-36-38-43(53)48(56)50-41(40-60-49-46(55)47(62-63(57,58)59)45(54)44(39-51)61-49)42(52)37-35-33-31-29-27-25-23-20-18-16-14-12-10-8-6-4-2/h11,13,15,17,41-47,49,51-55H,3-10,12,14,16,18-40H2,1-2H3,(H,50,56)(H,57,58,59)/b13-11-,17-15-. The number of aliphatic hydroxyl groups excluding tert-OH is 5. The zero-order valence-electron chi connectivity index (χ0n) is 39.5. The smallest absolute Gasteiger partial charge is 0.394 e. The average Bonchev–Trinajstić information content (AvgIpc) is 3.25. The van der Waals surface area contributed by atoms with E-state index in [9.17, 15) is 43.3 Å². The van der Waals surface area contributed by atoms with Gasteiger partial charge in [0.25, 0.3) is 0 Å². The van der Waals surface area contributed by atoms with E-state index >= 15 is 0 Å². The van der Waals surface area contributed by atoms with Gasteiger partial charge in [-0.25, -0.2) is 4.18 Å². The van der Waals surface area contributed by atoms with Crippen LogP contribution in [0, 0.1) is 0 Å². The third kappa shape index (κ3) is 32.0. The van der Waals surface area contributed by atoms with E-state index in [2.05, 4.69) is 47.7 Å². The minimum absolute atomic E-state index is 0.255. The second kappa shape index (κ2) is 39.7. The SMILES string of the molecule is CCCCC/C=C\C=C/CCCCCCCCCCCC(O)C(=O)NC(COC1OC(CO)C(O)C(OS(=O)(=O)O)C1O)C(O)CCCCCCCCCCCCCCCCCC. The monoisotopic (exact) mass is 920 g/mol. The Morgan fingerprint density at radius 1 is 0.635 bits per heavy atom. The minimum Gasteiger partial charge on any atom is -0.394 e. The van der Waals surface area contributed by atoms with Crippen molar-refractivity contribution in [3.8, 4) is 0 Å². The van der Waals surface area contributed by atoms with Gasteiger partial charge in [0, 0.05) is 0 Å². The van der Waals surface area contributed by atoms with Gasteiger partial charge < -0.3 is 40.3 Å². The maximum absolute atomic E-state index is 13.2. The number of unbranched alkanes of at least 4 members (excludes halogenated alkanes) is 27. The first-order valence-corrected chi connectivity index (χ1v) is 26.7. The quantitative estimate of drug-likeness (QED) is 0.0173. The van der Waals surface area contributed by atoms with Gasteiger partial charge in [-0.2, -0.15) is 8.42 Å². The topological polar surface area (TPSA) is 212 Å². The molecule has 1 aliphatic heterocycles. The maximum Gasteiger partial charge on any atom is 0.397 e. The van der Waals surface area contributed by atoms with Gasteiger partial charge in [0.05, 0.1) is 25.4 Å². The molecule has 7 N–H and O–H groups in total. The van der Waals surface area contributed by atoms with Crippen molar-refractivity contribution in [2.75, 3.05) is 13.2 Å². The van der Waals surface area contributed by atoms with Crippen LogP contribution in [0.2, 0.25) is 0 Å². The zero-order chi connectivity index (χ0) is 46.4.